The number of fused-ring (bicyclic) bond motifs is 1. The van der Waals surface area contributed by atoms with Crippen LogP contribution in [-0.4, -0.2) is 30.5 Å². The normalized spacial score (nSPS) is 11.5. The van der Waals surface area contributed by atoms with E-state index in [1.807, 2.05) is 48.5 Å². The number of hydrogen-bond acceptors (Lipinski definition) is 8. The van der Waals surface area contributed by atoms with Crippen LogP contribution in [0, 0.1) is 0 Å². The lowest BCUT2D eigenvalue weighted by Gasteiger charge is -2.13. The van der Waals surface area contributed by atoms with Gasteiger partial charge in [0.05, 0.1) is 17.4 Å². The van der Waals surface area contributed by atoms with Crippen LogP contribution < -0.4 is 15.2 Å². The second-order valence-electron chi connectivity index (χ2n) is 7.68. The van der Waals surface area contributed by atoms with Crippen molar-refractivity contribution in [3.63, 3.8) is 0 Å². The molecule has 0 aliphatic heterocycles. The minimum Gasteiger partial charge on any atom is -0.496 e. The van der Waals surface area contributed by atoms with E-state index >= 15 is 0 Å². The first-order valence-corrected chi connectivity index (χ1v) is 13.1. The fraction of sp³-hybridized carbons (Fsp3) is 0.0800. The van der Waals surface area contributed by atoms with Crippen LogP contribution in [0.3, 0.4) is 0 Å². The topological polar surface area (TPSA) is 120 Å². The number of rotatable bonds is 7. The molecule has 10 heteroatoms. The minimum atomic E-state index is -3.84. The maximum absolute atomic E-state index is 11.7. The monoisotopic (exact) mass is 503 g/mol. The Bertz CT molecular complexity index is 1610. The molecule has 0 amide bonds. The van der Waals surface area contributed by atoms with E-state index in [4.69, 9.17) is 19.8 Å². The van der Waals surface area contributed by atoms with Gasteiger partial charge >= 0.3 is 0 Å². The van der Waals surface area contributed by atoms with Crippen LogP contribution in [0.2, 0.25) is 0 Å². The number of thiophene rings is 1. The Morgan fingerprint density at radius 1 is 1.03 bits per heavy atom. The van der Waals surface area contributed by atoms with Gasteiger partial charge in [-0.3, -0.25) is 4.98 Å². The van der Waals surface area contributed by atoms with Crippen LogP contribution in [0.4, 0.5) is 5.82 Å². The highest BCUT2D eigenvalue weighted by Gasteiger charge is 2.18. The summed E-state index contributed by atoms with van der Waals surface area (Å²) in [6, 6.07) is 20.2. The van der Waals surface area contributed by atoms with Gasteiger partial charge < -0.3 is 10.1 Å². The Balaban J connectivity index is 1.59. The molecule has 0 spiro atoms. The highest BCUT2D eigenvalue weighted by Crippen LogP contribution is 2.38. The third-order valence-corrected chi connectivity index (χ3v) is 7.23. The van der Waals surface area contributed by atoms with Gasteiger partial charge in [-0.05, 0) is 23.8 Å². The molecule has 35 heavy (non-hydrogen) atoms. The number of ether oxygens (including phenoxy) is 1. The van der Waals surface area contributed by atoms with Crippen LogP contribution >= 0.6 is 11.3 Å². The summed E-state index contributed by atoms with van der Waals surface area (Å²) < 4.78 is 28.9. The molecule has 0 saturated heterocycles. The lowest BCUT2D eigenvalue weighted by Crippen LogP contribution is -2.13. The van der Waals surface area contributed by atoms with Crippen molar-refractivity contribution >= 4 is 37.4 Å². The quantitative estimate of drug-likeness (QED) is 0.331. The number of benzene rings is 2. The third kappa shape index (κ3) is 4.72. The van der Waals surface area contributed by atoms with E-state index in [0.717, 1.165) is 26.9 Å². The van der Waals surface area contributed by atoms with Gasteiger partial charge in [0, 0.05) is 35.3 Å². The van der Waals surface area contributed by atoms with E-state index in [-0.39, 0.29) is 4.90 Å². The second kappa shape index (κ2) is 9.41. The smallest absolute Gasteiger partial charge is 0.238 e. The summed E-state index contributed by atoms with van der Waals surface area (Å²) in [5.74, 6) is 1.57. The maximum atomic E-state index is 11.7. The van der Waals surface area contributed by atoms with E-state index < -0.39 is 10.0 Å². The van der Waals surface area contributed by atoms with E-state index in [2.05, 4.69) is 15.7 Å². The number of nitrogens with one attached hydrogen (secondary N) is 1. The first kappa shape index (κ1) is 22.9. The molecular formula is C25H21N5O3S2. The molecule has 3 N–H and O–H groups in total. The SMILES string of the molecule is COc1cc(S(N)(=O)=O)ccc1CNc1nc(-c2ccccn2)nc2scc(-c3ccccc3)c12. The van der Waals surface area contributed by atoms with Gasteiger partial charge in [-0.15, -0.1) is 11.3 Å². The summed E-state index contributed by atoms with van der Waals surface area (Å²) >= 11 is 1.54. The van der Waals surface area contributed by atoms with Gasteiger partial charge in [0.15, 0.2) is 5.82 Å². The van der Waals surface area contributed by atoms with Crippen LogP contribution in [0.25, 0.3) is 32.9 Å². The Labute approximate surface area is 206 Å². The number of anilines is 1. The number of nitrogens with zero attached hydrogens (tertiary/aromatic N) is 3. The Morgan fingerprint density at radius 2 is 1.83 bits per heavy atom. The zero-order valence-corrected chi connectivity index (χ0v) is 20.3. The van der Waals surface area contributed by atoms with E-state index in [1.165, 1.54) is 19.2 Å². The van der Waals surface area contributed by atoms with Crippen molar-refractivity contribution in [2.75, 3.05) is 12.4 Å². The lowest BCUT2D eigenvalue weighted by atomic mass is 10.1. The van der Waals surface area contributed by atoms with Crippen molar-refractivity contribution < 1.29 is 13.2 Å². The molecule has 176 valence electrons. The summed E-state index contributed by atoms with van der Waals surface area (Å²) in [6.07, 6.45) is 1.71. The Hall–Kier alpha value is -3.86. The summed E-state index contributed by atoms with van der Waals surface area (Å²) in [7, 11) is -2.35. The third-order valence-electron chi connectivity index (χ3n) is 5.45. The standard InChI is InChI=1S/C25H21N5O3S2/c1-33-21-13-18(35(26,31)32)11-10-17(21)14-28-24-22-19(16-7-3-2-4-8-16)15-34-25(22)30-23(29-24)20-9-5-6-12-27-20/h2-13,15H,14H2,1H3,(H2,26,31,32)(H,28,29,30). The zero-order chi connectivity index (χ0) is 24.4. The van der Waals surface area contributed by atoms with Gasteiger partial charge in [-0.25, -0.2) is 23.5 Å². The van der Waals surface area contributed by atoms with Gasteiger partial charge in [-0.2, -0.15) is 0 Å². The van der Waals surface area contributed by atoms with Crippen molar-refractivity contribution in [2.24, 2.45) is 5.14 Å². The molecule has 5 aromatic rings. The number of pyridine rings is 1. The predicted molar refractivity (Wildman–Crippen MR) is 138 cm³/mol. The molecule has 3 heterocycles. The molecule has 0 atom stereocenters. The number of nitrogens with two attached hydrogens (primary N) is 1. The molecule has 0 bridgehead atoms. The molecular weight excluding hydrogens is 482 g/mol. The fourth-order valence-electron chi connectivity index (χ4n) is 3.74. The maximum Gasteiger partial charge on any atom is 0.238 e. The van der Waals surface area contributed by atoms with E-state index in [9.17, 15) is 8.42 Å². The lowest BCUT2D eigenvalue weighted by molar-refractivity contribution is 0.409. The highest BCUT2D eigenvalue weighted by atomic mass is 32.2. The summed E-state index contributed by atoms with van der Waals surface area (Å²) in [6.45, 7) is 0.339. The number of aromatic nitrogens is 3. The van der Waals surface area contributed by atoms with E-state index in [0.29, 0.717) is 29.6 Å². The first-order valence-electron chi connectivity index (χ1n) is 10.6. The van der Waals surface area contributed by atoms with Crippen molar-refractivity contribution in [1.29, 1.82) is 0 Å². The summed E-state index contributed by atoms with van der Waals surface area (Å²) in [5, 5.41) is 11.7. The molecule has 2 aromatic carbocycles. The van der Waals surface area contributed by atoms with Crippen LogP contribution in [0.15, 0.2) is 83.2 Å². The Kier molecular flexibility index (Phi) is 6.16. The molecule has 5 rings (SSSR count). The predicted octanol–water partition coefficient (Wildman–Crippen LogP) is 4.69. The van der Waals surface area contributed by atoms with Gasteiger partial charge in [0.1, 0.15) is 22.1 Å². The largest absolute Gasteiger partial charge is 0.496 e. The molecule has 8 nitrogen and oxygen atoms in total. The van der Waals surface area contributed by atoms with Crippen molar-refractivity contribution in [3.05, 3.63) is 83.9 Å². The number of primary sulfonamides is 1. The molecule has 0 radical (unpaired) electrons. The average Bonchev–Trinajstić information content (AvgIpc) is 3.32. The minimum absolute atomic E-state index is 0.0100. The van der Waals surface area contributed by atoms with Crippen LogP contribution in [-0.2, 0) is 16.6 Å². The highest BCUT2D eigenvalue weighted by molar-refractivity contribution is 7.89. The average molecular weight is 504 g/mol. The van der Waals surface area contributed by atoms with Crippen molar-refractivity contribution in [2.45, 2.75) is 11.4 Å². The zero-order valence-electron chi connectivity index (χ0n) is 18.7. The van der Waals surface area contributed by atoms with Crippen molar-refractivity contribution in [3.8, 4) is 28.4 Å². The molecule has 0 fully saturated rings. The second-order valence-corrected chi connectivity index (χ2v) is 10.1. The van der Waals surface area contributed by atoms with Gasteiger partial charge in [0.2, 0.25) is 10.0 Å². The number of sulfonamides is 1. The fourth-order valence-corrected chi connectivity index (χ4v) is 5.21. The summed E-state index contributed by atoms with van der Waals surface area (Å²) in [4.78, 5) is 14.8. The molecule has 0 aliphatic carbocycles. The molecule has 0 aliphatic rings. The van der Waals surface area contributed by atoms with Crippen LogP contribution in [0.1, 0.15) is 5.56 Å². The number of hydrogen-bond donors (Lipinski definition) is 2. The van der Waals surface area contributed by atoms with Crippen molar-refractivity contribution in [1.82, 2.24) is 15.0 Å². The molecule has 3 aromatic heterocycles. The first-order chi connectivity index (χ1) is 16.9. The van der Waals surface area contributed by atoms with Gasteiger partial charge in [-0.1, -0.05) is 42.5 Å². The van der Waals surface area contributed by atoms with E-state index in [1.54, 1.807) is 23.6 Å². The van der Waals surface area contributed by atoms with Gasteiger partial charge in [0.25, 0.3) is 0 Å². The molecule has 0 saturated carbocycles. The number of methoxy groups -OCH3 is 1. The van der Waals surface area contributed by atoms with Crippen LogP contribution in [0.5, 0.6) is 5.75 Å². The Morgan fingerprint density at radius 3 is 2.54 bits per heavy atom. The molecule has 0 unspecified atom stereocenters. The summed E-state index contributed by atoms with van der Waals surface area (Å²) in [5.41, 5.74) is 3.51.